The Morgan fingerprint density at radius 2 is 2.21 bits per heavy atom. The summed E-state index contributed by atoms with van der Waals surface area (Å²) in [5.41, 5.74) is 2.24. The minimum Gasteiger partial charge on any atom is -0.502 e. The molecule has 4 nitrogen and oxygen atoms in total. The van der Waals surface area contributed by atoms with Crippen molar-refractivity contribution < 1.29 is 9.52 Å². The topological polar surface area (TPSA) is 53.7 Å². The quantitative estimate of drug-likeness (QED) is 0.897. The molecule has 0 bridgehead atoms. The van der Waals surface area contributed by atoms with Crippen molar-refractivity contribution >= 4 is 0 Å². The second-order valence-corrected chi connectivity index (χ2v) is 4.88. The summed E-state index contributed by atoms with van der Waals surface area (Å²) in [7, 11) is 0. The number of fused-ring (bicyclic) bond motifs is 1. The summed E-state index contributed by atoms with van der Waals surface area (Å²) < 4.78 is 5.26. The van der Waals surface area contributed by atoms with Crippen molar-refractivity contribution in [3.8, 4) is 5.75 Å². The molecule has 2 heterocycles. The second-order valence-electron chi connectivity index (χ2n) is 4.88. The van der Waals surface area contributed by atoms with E-state index in [2.05, 4.69) is 24.0 Å². The number of aromatic hydroxyl groups is 1. The van der Waals surface area contributed by atoms with Crippen LogP contribution in [0.15, 0.2) is 45.8 Å². The van der Waals surface area contributed by atoms with E-state index in [-0.39, 0.29) is 5.75 Å². The van der Waals surface area contributed by atoms with Crippen LogP contribution in [-0.2, 0) is 13.1 Å². The molecule has 0 saturated heterocycles. The van der Waals surface area contributed by atoms with E-state index in [4.69, 9.17) is 4.42 Å². The highest BCUT2D eigenvalue weighted by Gasteiger charge is 2.26. The smallest absolute Gasteiger partial charge is 0.226 e. The van der Waals surface area contributed by atoms with Gasteiger partial charge in [-0.25, -0.2) is 0 Å². The molecule has 1 aromatic heterocycles. The largest absolute Gasteiger partial charge is 0.502 e. The highest BCUT2D eigenvalue weighted by atomic mass is 16.4. The van der Waals surface area contributed by atoms with Crippen molar-refractivity contribution in [3.05, 3.63) is 63.7 Å². The molecule has 2 aromatic rings. The van der Waals surface area contributed by atoms with Crippen LogP contribution in [0.4, 0.5) is 0 Å². The summed E-state index contributed by atoms with van der Waals surface area (Å²) in [5, 5.41) is 9.18. The van der Waals surface area contributed by atoms with Crippen molar-refractivity contribution in [3.63, 3.8) is 0 Å². The van der Waals surface area contributed by atoms with Gasteiger partial charge in [0.15, 0.2) is 5.75 Å². The SMILES string of the molecule is CC1c2ccccc2CN1Cc1cc(=O)c(O)co1. The zero-order chi connectivity index (χ0) is 13.4. The first kappa shape index (κ1) is 12.0. The van der Waals surface area contributed by atoms with Gasteiger partial charge in [-0.05, 0) is 18.1 Å². The summed E-state index contributed by atoms with van der Waals surface area (Å²) in [4.78, 5) is 13.6. The summed E-state index contributed by atoms with van der Waals surface area (Å²) in [6.07, 6.45) is 1.10. The lowest BCUT2D eigenvalue weighted by Gasteiger charge is -2.20. The van der Waals surface area contributed by atoms with Gasteiger partial charge in [-0.2, -0.15) is 0 Å². The maximum atomic E-state index is 11.4. The molecule has 19 heavy (non-hydrogen) atoms. The van der Waals surface area contributed by atoms with Crippen LogP contribution in [0.3, 0.4) is 0 Å². The van der Waals surface area contributed by atoms with Crippen LogP contribution in [0.2, 0.25) is 0 Å². The molecule has 0 radical (unpaired) electrons. The van der Waals surface area contributed by atoms with Gasteiger partial charge >= 0.3 is 0 Å². The highest BCUT2D eigenvalue weighted by Crippen LogP contribution is 2.33. The summed E-state index contributed by atoms with van der Waals surface area (Å²) in [6, 6.07) is 9.99. The van der Waals surface area contributed by atoms with Crippen LogP contribution in [0, 0.1) is 0 Å². The van der Waals surface area contributed by atoms with Crippen molar-refractivity contribution in [2.75, 3.05) is 0 Å². The number of nitrogens with zero attached hydrogens (tertiary/aromatic N) is 1. The monoisotopic (exact) mass is 257 g/mol. The molecule has 1 unspecified atom stereocenters. The Morgan fingerprint density at radius 1 is 1.42 bits per heavy atom. The number of benzene rings is 1. The Hall–Kier alpha value is -2.07. The number of hydrogen-bond donors (Lipinski definition) is 1. The second kappa shape index (κ2) is 4.55. The molecule has 3 rings (SSSR count). The van der Waals surface area contributed by atoms with Gasteiger partial charge in [0, 0.05) is 18.7 Å². The fourth-order valence-electron chi connectivity index (χ4n) is 2.56. The maximum Gasteiger partial charge on any atom is 0.226 e. The fourth-order valence-corrected chi connectivity index (χ4v) is 2.56. The van der Waals surface area contributed by atoms with Crippen molar-refractivity contribution in [2.45, 2.75) is 26.1 Å². The highest BCUT2D eigenvalue weighted by molar-refractivity contribution is 5.33. The molecule has 98 valence electrons. The molecule has 1 N–H and O–H groups in total. The van der Waals surface area contributed by atoms with Gasteiger partial charge in [0.25, 0.3) is 0 Å². The Morgan fingerprint density at radius 3 is 2.95 bits per heavy atom. The standard InChI is InChI=1S/C15H15NO3/c1-10-13-5-3-2-4-11(13)7-16(10)8-12-6-14(17)15(18)9-19-12/h2-6,9-10,18H,7-8H2,1H3. The lowest BCUT2D eigenvalue weighted by Crippen LogP contribution is -2.20. The van der Waals surface area contributed by atoms with E-state index in [1.54, 1.807) is 0 Å². The zero-order valence-corrected chi connectivity index (χ0v) is 10.7. The van der Waals surface area contributed by atoms with Crippen LogP contribution in [-0.4, -0.2) is 10.0 Å². The summed E-state index contributed by atoms with van der Waals surface area (Å²) in [6.45, 7) is 3.55. The minimum atomic E-state index is -0.398. The van der Waals surface area contributed by atoms with Crippen LogP contribution in [0.1, 0.15) is 29.9 Å². The molecule has 1 aromatic carbocycles. The molecule has 4 heteroatoms. The molecule has 0 aliphatic carbocycles. The van der Waals surface area contributed by atoms with Gasteiger partial charge in [-0.15, -0.1) is 0 Å². The number of hydrogen-bond acceptors (Lipinski definition) is 4. The van der Waals surface area contributed by atoms with Crippen LogP contribution in [0.25, 0.3) is 0 Å². The van der Waals surface area contributed by atoms with Crippen molar-refractivity contribution in [1.29, 1.82) is 0 Å². The average molecular weight is 257 g/mol. The average Bonchev–Trinajstić information content (AvgIpc) is 2.72. The third-order valence-electron chi connectivity index (χ3n) is 3.65. The van der Waals surface area contributed by atoms with Gasteiger partial charge in [-0.1, -0.05) is 24.3 Å². The molecule has 0 saturated carbocycles. The van der Waals surface area contributed by atoms with Crippen LogP contribution < -0.4 is 5.43 Å². The van der Waals surface area contributed by atoms with Crippen LogP contribution >= 0.6 is 0 Å². The van der Waals surface area contributed by atoms with Gasteiger partial charge in [0.1, 0.15) is 12.0 Å². The zero-order valence-electron chi connectivity index (χ0n) is 10.7. The first-order valence-electron chi connectivity index (χ1n) is 6.27. The predicted molar refractivity (Wildman–Crippen MR) is 70.7 cm³/mol. The first-order valence-corrected chi connectivity index (χ1v) is 6.27. The molecular weight excluding hydrogens is 242 g/mol. The molecule has 1 aliphatic rings. The lowest BCUT2D eigenvalue weighted by atomic mass is 10.1. The van der Waals surface area contributed by atoms with E-state index < -0.39 is 5.43 Å². The van der Waals surface area contributed by atoms with Crippen molar-refractivity contribution in [1.82, 2.24) is 4.90 Å². The van der Waals surface area contributed by atoms with Gasteiger partial charge < -0.3 is 9.52 Å². The third-order valence-corrected chi connectivity index (χ3v) is 3.65. The molecule has 0 fully saturated rings. The maximum absolute atomic E-state index is 11.4. The van der Waals surface area contributed by atoms with Crippen LogP contribution in [0.5, 0.6) is 5.75 Å². The van der Waals surface area contributed by atoms with E-state index in [9.17, 15) is 9.90 Å². The van der Waals surface area contributed by atoms with E-state index >= 15 is 0 Å². The predicted octanol–water partition coefficient (Wildman–Crippen LogP) is 2.42. The van der Waals surface area contributed by atoms with E-state index in [0.29, 0.717) is 18.3 Å². The first-order chi connectivity index (χ1) is 9.15. The molecule has 1 atom stereocenters. The molecule has 0 amide bonds. The van der Waals surface area contributed by atoms with Gasteiger partial charge in [-0.3, -0.25) is 9.69 Å². The van der Waals surface area contributed by atoms with Gasteiger partial charge in [0.2, 0.25) is 5.43 Å². The van der Waals surface area contributed by atoms with E-state index in [1.165, 1.54) is 17.2 Å². The Bertz CT molecular complexity index is 662. The Kier molecular flexibility index (Phi) is 2.87. The minimum absolute atomic E-state index is 0.301. The summed E-state index contributed by atoms with van der Waals surface area (Å²) in [5.74, 6) is 0.226. The van der Waals surface area contributed by atoms with Gasteiger partial charge in [0.05, 0.1) is 6.54 Å². The van der Waals surface area contributed by atoms with E-state index in [1.807, 2.05) is 12.1 Å². The molecular formula is C15H15NO3. The molecule has 0 spiro atoms. The fraction of sp³-hybridized carbons (Fsp3) is 0.267. The molecule has 1 aliphatic heterocycles. The lowest BCUT2D eigenvalue weighted by molar-refractivity contribution is 0.199. The normalized spacial score (nSPS) is 18.5. The Labute approximate surface area is 110 Å². The van der Waals surface area contributed by atoms with Crippen molar-refractivity contribution in [2.24, 2.45) is 0 Å². The Balaban J connectivity index is 1.82. The third kappa shape index (κ3) is 2.15. The number of rotatable bonds is 2. The summed E-state index contributed by atoms with van der Waals surface area (Å²) >= 11 is 0. The van der Waals surface area contributed by atoms with E-state index in [0.717, 1.165) is 12.8 Å².